The first-order valence-electron chi connectivity index (χ1n) is 7.69. The highest BCUT2D eigenvalue weighted by Gasteiger charge is 2.18. The molecule has 0 spiro atoms. The highest BCUT2D eigenvalue weighted by molar-refractivity contribution is 9.10. The largest absolute Gasteiger partial charge is 0.465 e. The molecule has 6 nitrogen and oxygen atoms in total. The summed E-state index contributed by atoms with van der Waals surface area (Å²) in [6.45, 7) is 2.38. The molecule has 9 heteroatoms. The normalized spacial score (nSPS) is 10.9. The fourth-order valence-corrected chi connectivity index (χ4v) is 4.20. The number of nitrogens with one attached hydrogen (secondary N) is 1. The molecule has 0 bridgehead atoms. The number of fused-ring (bicyclic) bond motifs is 1. The predicted octanol–water partition coefficient (Wildman–Crippen LogP) is 4.64. The summed E-state index contributed by atoms with van der Waals surface area (Å²) in [5.74, 6) is -0.591. The van der Waals surface area contributed by atoms with Crippen molar-refractivity contribution in [1.29, 1.82) is 0 Å². The van der Waals surface area contributed by atoms with E-state index in [1.165, 1.54) is 18.4 Å². The van der Waals surface area contributed by atoms with Crippen LogP contribution in [0.25, 0.3) is 10.1 Å². The number of rotatable bonds is 5. The van der Waals surface area contributed by atoms with E-state index < -0.39 is 5.97 Å². The summed E-state index contributed by atoms with van der Waals surface area (Å²) in [6.07, 6.45) is 2.14. The van der Waals surface area contributed by atoms with Gasteiger partial charge in [0, 0.05) is 34.9 Å². The molecule has 0 aliphatic heterocycles. The second-order valence-corrected chi connectivity index (χ2v) is 7.86. The minimum Gasteiger partial charge on any atom is -0.465 e. The number of nitrogens with zero attached hydrogens (tertiary/aromatic N) is 2. The number of carbonyl (C=O) groups is 2. The molecule has 1 amide bonds. The Bertz CT molecular complexity index is 979. The van der Waals surface area contributed by atoms with Crippen LogP contribution in [0, 0.1) is 6.92 Å². The third-order valence-corrected chi connectivity index (χ3v) is 6.15. The zero-order valence-corrected chi connectivity index (χ0v) is 17.2. The number of esters is 1. The number of aryl methyl sites for hydroxylation is 2. The summed E-state index contributed by atoms with van der Waals surface area (Å²) in [5, 5.41) is 8.28. The van der Waals surface area contributed by atoms with Gasteiger partial charge >= 0.3 is 5.97 Å². The summed E-state index contributed by atoms with van der Waals surface area (Å²) < 4.78 is 8.18. The van der Waals surface area contributed by atoms with Crippen molar-refractivity contribution in [2.45, 2.75) is 19.9 Å². The Hall–Kier alpha value is -1.90. The number of ether oxygens (including phenoxy) is 1. The molecule has 1 aromatic carbocycles. The monoisotopic (exact) mass is 455 g/mol. The molecule has 0 unspecified atom stereocenters. The lowest BCUT2D eigenvalue weighted by molar-refractivity contribution is -0.116. The molecular weight excluding hydrogens is 442 g/mol. The Morgan fingerprint density at radius 3 is 2.85 bits per heavy atom. The van der Waals surface area contributed by atoms with Crippen LogP contribution in [0.2, 0.25) is 5.02 Å². The first-order chi connectivity index (χ1) is 12.4. The fraction of sp³-hybridized carbons (Fsp3) is 0.235. The van der Waals surface area contributed by atoms with Crippen LogP contribution < -0.4 is 5.32 Å². The lowest BCUT2D eigenvalue weighted by atomic mass is 10.2. The SMILES string of the molecule is COC(=O)c1sc2cc(NC(=O)CCn3cc(Br)c(C)n3)ccc2c1Cl. The minimum atomic E-state index is -0.470. The third kappa shape index (κ3) is 3.92. The van der Waals surface area contributed by atoms with E-state index in [1.54, 1.807) is 22.9 Å². The van der Waals surface area contributed by atoms with E-state index in [2.05, 4.69) is 26.3 Å². The molecule has 2 aromatic heterocycles. The fourth-order valence-electron chi connectivity index (χ4n) is 2.41. The van der Waals surface area contributed by atoms with Gasteiger partial charge < -0.3 is 10.1 Å². The van der Waals surface area contributed by atoms with Crippen LogP contribution >= 0.6 is 38.9 Å². The van der Waals surface area contributed by atoms with Gasteiger partial charge in [-0.1, -0.05) is 11.6 Å². The van der Waals surface area contributed by atoms with E-state index in [0.717, 1.165) is 20.3 Å². The smallest absolute Gasteiger partial charge is 0.349 e. The van der Waals surface area contributed by atoms with Crippen molar-refractivity contribution in [1.82, 2.24) is 9.78 Å². The van der Waals surface area contributed by atoms with E-state index in [-0.39, 0.29) is 5.91 Å². The number of thiophene rings is 1. The lowest BCUT2D eigenvalue weighted by Crippen LogP contribution is -2.14. The van der Waals surface area contributed by atoms with E-state index in [9.17, 15) is 9.59 Å². The van der Waals surface area contributed by atoms with Gasteiger partial charge in [-0.2, -0.15) is 5.10 Å². The zero-order chi connectivity index (χ0) is 18.8. The highest BCUT2D eigenvalue weighted by atomic mass is 79.9. The van der Waals surface area contributed by atoms with Crippen molar-refractivity contribution in [2.75, 3.05) is 12.4 Å². The summed E-state index contributed by atoms with van der Waals surface area (Å²) in [6, 6.07) is 5.34. The Morgan fingerprint density at radius 1 is 1.42 bits per heavy atom. The predicted molar refractivity (Wildman–Crippen MR) is 106 cm³/mol. The zero-order valence-electron chi connectivity index (χ0n) is 14.0. The minimum absolute atomic E-state index is 0.121. The van der Waals surface area contributed by atoms with Gasteiger partial charge in [-0.3, -0.25) is 9.48 Å². The van der Waals surface area contributed by atoms with Crippen LogP contribution in [-0.2, 0) is 16.1 Å². The number of hydrogen-bond donors (Lipinski definition) is 1. The number of anilines is 1. The maximum atomic E-state index is 12.2. The van der Waals surface area contributed by atoms with Crippen LogP contribution in [0.15, 0.2) is 28.9 Å². The van der Waals surface area contributed by atoms with Gasteiger partial charge in [0.2, 0.25) is 5.91 Å². The standard InChI is InChI=1S/C17H15BrClN3O3S/c1-9-12(18)8-22(21-9)6-5-14(23)20-10-3-4-11-13(7-10)26-16(15(11)19)17(24)25-2/h3-4,7-8H,5-6H2,1-2H3,(H,20,23). The van der Waals surface area contributed by atoms with E-state index in [0.29, 0.717) is 28.6 Å². The number of aromatic nitrogens is 2. The molecule has 0 aliphatic carbocycles. The first-order valence-corrected chi connectivity index (χ1v) is 9.67. The number of amides is 1. The maximum Gasteiger partial charge on any atom is 0.349 e. The second-order valence-electron chi connectivity index (χ2n) is 5.57. The van der Waals surface area contributed by atoms with Crippen molar-refractivity contribution in [3.8, 4) is 0 Å². The average Bonchev–Trinajstić information content (AvgIpc) is 3.11. The Labute approximate surface area is 167 Å². The molecule has 26 heavy (non-hydrogen) atoms. The molecule has 3 rings (SSSR count). The van der Waals surface area contributed by atoms with E-state index in [4.69, 9.17) is 16.3 Å². The molecule has 0 radical (unpaired) electrons. The Balaban J connectivity index is 1.70. The van der Waals surface area contributed by atoms with Gasteiger partial charge in [-0.25, -0.2) is 4.79 Å². The Morgan fingerprint density at radius 2 is 2.19 bits per heavy atom. The van der Waals surface area contributed by atoms with Crippen LogP contribution in [0.5, 0.6) is 0 Å². The molecule has 1 N–H and O–H groups in total. The van der Waals surface area contributed by atoms with Crippen molar-refractivity contribution in [2.24, 2.45) is 0 Å². The van der Waals surface area contributed by atoms with Gasteiger partial charge in [-0.15, -0.1) is 11.3 Å². The van der Waals surface area contributed by atoms with E-state index in [1.807, 2.05) is 13.1 Å². The highest BCUT2D eigenvalue weighted by Crippen LogP contribution is 2.37. The van der Waals surface area contributed by atoms with Crippen LogP contribution in [0.3, 0.4) is 0 Å². The molecule has 136 valence electrons. The number of carbonyl (C=O) groups excluding carboxylic acids is 2. The molecular formula is C17H15BrClN3O3S. The lowest BCUT2D eigenvalue weighted by Gasteiger charge is -2.05. The second kappa shape index (κ2) is 7.77. The number of methoxy groups -OCH3 is 1. The molecule has 0 saturated carbocycles. The van der Waals surface area contributed by atoms with Crippen molar-refractivity contribution < 1.29 is 14.3 Å². The van der Waals surface area contributed by atoms with Crippen LogP contribution in [-0.4, -0.2) is 28.8 Å². The first kappa shape index (κ1) is 18.9. The molecule has 0 aliphatic rings. The van der Waals surface area contributed by atoms with Gasteiger partial charge in [0.05, 0.1) is 22.3 Å². The van der Waals surface area contributed by atoms with Crippen LogP contribution in [0.1, 0.15) is 21.8 Å². The topological polar surface area (TPSA) is 73.2 Å². The van der Waals surface area contributed by atoms with Gasteiger partial charge in [0.1, 0.15) is 4.88 Å². The number of benzene rings is 1. The molecule has 0 fully saturated rings. The summed E-state index contributed by atoms with van der Waals surface area (Å²) in [4.78, 5) is 24.3. The molecule has 3 aromatic rings. The molecule has 0 atom stereocenters. The molecule has 2 heterocycles. The number of hydrogen-bond acceptors (Lipinski definition) is 5. The summed E-state index contributed by atoms with van der Waals surface area (Å²) in [7, 11) is 1.31. The van der Waals surface area contributed by atoms with Crippen molar-refractivity contribution in [3.63, 3.8) is 0 Å². The number of halogens is 2. The van der Waals surface area contributed by atoms with E-state index >= 15 is 0 Å². The quantitative estimate of drug-likeness (QED) is 0.568. The maximum absolute atomic E-state index is 12.2. The Kier molecular flexibility index (Phi) is 5.64. The third-order valence-electron chi connectivity index (χ3n) is 3.74. The van der Waals surface area contributed by atoms with Gasteiger partial charge in [0.15, 0.2) is 0 Å². The van der Waals surface area contributed by atoms with Crippen molar-refractivity contribution >= 4 is 66.5 Å². The van der Waals surface area contributed by atoms with Crippen molar-refractivity contribution in [3.05, 3.63) is 44.5 Å². The van der Waals surface area contributed by atoms with Gasteiger partial charge in [-0.05, 0) is 41.1 Å². The van der Waals surface area contributed by atoms with Gasteiger partial charge in [0.25, 0.3) is 0 Å². The summed E-state index contributed by atoms with van der Waals surface area (Å²) >= 11 is 10.9. The van der Waals surface area contributed by atoms with Crippen LogP contribution in [0.4, 0.5) is 5.69 Å². The summed E-state index contributed by atoms with van der Waals surface area (Å²) in [5.41, 5.74) is 1.53. The average molecular weight is 457 g/mol. The molecule has 0 saturated heterocycles.